The van der Waals surface area contributed by atoms with E-state index >= 15 is 0 Å². The van der Waals surface area contributed by atoms with E-state index in [0.717, 1.165) is 0 Å². The normalized spacial score (nSPS) is 8.94. The number of aromatic nitrogens is 4. The number of amides is 1. The van der Waals surface area contributed by atoms with Crippen molar-refractivity contribution in [3.63, 3.8) is 0 Å². The molecule has 8 heteroatoms. The highest BCUT2D eigenvalue weighted by molar-refractivity contribution is 5.94. The number of anilines is 2. The minimum absolute atomic E-state index is 0.0162. The average molecular weight is 233 g/mol. The highest BCUT2D eigenvalue weighted by Gasteiger charge is 2.05. The third-order valence-corrected chi connectivity index (χ3v) is 1.55. The van der Waals surface area contributed by atoms with Crippen LogP contribution >= 0.6 is 0 Å². The lowest BCUT2D eigenvalue weighted by atomic mass is 10.4. The minimum atomic E-state index is -0.661. The second-order valence-corrected chi connectivity index (χ2v) is 2.76. The van der Waals surface area contributed by atoms with Crippen molar-refractivity contribution in [3.05, 3.63) is 36.5 Å². The van der Waals surface area contributed by atoms with Crippen molar-refractivity contribution in [2.24, 2.45) is 5.73 Å². The number of hydrogen-bond acceptors (Lipinski definition) is 7. The van der Waals surface area contributed by atoms with Crippen LogP contribution in [0.1, 0.15) is 10.5 Å². The number of carbonyl (C=O) groups excluding carboxylic acids is 1. The molecule has 0 aromatic carbocycles. The van der Waals surface area contributed by atoms with Gasteiger partial charge in [0, 0.05) is 24.8 Å². The van der Waals surface area contributed by atoms with Gasteiger partial charge in [0.1, 0.15) is 0 Å². The Hall–Kier alpha value is -2.77. The zero-order valence-corrected chi connectivity index (χ0v) is 8.82. The molecule has 0 saturated carbocycles. The molecule has 2 aromatic heterocycles. The van der Waals surface area contributed by atoms with Crippen LogP contribution in [0.15, 0.2) is 30.9 Å². The molecule has 0 atom stereocenters. The molecule has 0 aliphatic rings. The smallest absolute Gasteiger partial charge is 0.271 e. The van der Waals surface area contributed by atoms with Crippen LogP contribution in [-0.4, -0.2) is 25.8 Å². The van der Waals surface area contributed by atoms with Crippen LogP contribution in [0.2, 0.25) is 0 Å². The second-order valence-electron chi connectivity index (χ2n) is 2.76. The van der Waals surface area contributed by atoms with Crippen LogP contribution in [0.4, 0.5) is 11.8 Å². The Morgan fingerprint density at radius 3 is 1.88 bits per heavy atom. The number of nitrogens with two attached hydrogens (primary N) is 3. The van der Waals surface area contributed by atoms with Gasteiger partial charge in [-0.2, -0.15) is 0 Å². The Kier molecular flexibility index (Phi) is 4.31. The predicted octanol–water partition coefficient (Wildman–Crippen LogP) is -0.783. The molecule has 0 fully saturated rings. The molecule has 0 aliphatic carbocycles. The van der Waals surface area contributed by atoms with Gasteiger partial charge < -0.3 is 17.2 Å². The standard InChI is InChI=1S/C5H6N4O.C4H5N3/c6-4-3(5(7)10)8-1-2-9-4;5-4-6-2-1-3-7-4/h1-2H,(H2,6,9)(H2,7,10);1-3H,(H2,5,6,7). The molecule has 0 aliphatic heterocycles. The summed E-state index contributed by atoms with van der Waals surface area (Å²) in [5.74, 6) is -0.275. The van der Waals surface area contributed by atoms with Crippen LogP contribution in [0, 0.1) is 0 Å². The van der Waals surface area contributed by atoms with Crippen LogP contribution < -0.4 is 17.2 Å². The lowest BCUT2D eigenvalue weighted by Gasteiger charge is -1.95. The maximum Gasteiger partial charge on any atom is 0.271 e. The van der Waals surface area contributed by atoms with Crippen molar-refractivity contribution in [2.75, 3.05) is 11.5 Å². The maximum absolute atomic E-state index is 10.5. The van der Waals surface area contributed by atoms with Gasteiger partial charge in [-0.25, -0.2) is 19.9 Å². The fourth-order valence-corrected chi connectivity index (χ4v) is 0.849. The summed E-state index contributed by atoms with van der Waals surface area (Å²) in [6, 6.07) is 1.72. The van der Waals surface area contributed by atoms with Gasteiger partial charge in [-0.15, -0.1) is 0 Å². The van der Waals surface area contributed by atoms with E-state index in [0.29, 0.717) is 5.95 Å². The Morgan fingerprint density at radius 1 is 0.941 bits per heavy atom. The Bertz CT molecular complexity index is 488. The zero-order chi connectivity index (χ0) is 12.7. The number of hydrogen-bond donors (Lipinski definition) is 3. The van der Waals surface area contributed by atoms with Crippen molar-refractivity contribution >= 4 is 17.7 Å². The third kappa shape index (κ3) is 4.08. The molecule has 2 rings (SSSR count). The second kappa shape index (κ2) is 5.95. The first-order valence-corrected chi connectivity index (χ1v) is 4.50. The molecule has 0 unspecified atom stereocenters. The molecule has 8 nitrogen and oxygen atoms in total. The average Bonchev–Trinajstić information content (AvgIpc) is 2.31. The molecule has 2 heterocycles. The predicted molar refractivity (Wildman–Crippen MR) is 61.4 cm³/mol. The summed E-state index contributed by atoms with van der Waals surface area (Å²) < 4.78 is 0. The monoisotopic (exact) mass is 233 g/mol. The van der Waals surface area contributed by atoms with E-state index in [4.69, 9.17) is 17.2 Å². The largest absolute Gasteiger partial charge is 0.382 e. The summed E-state index contributed by atoms with van der Waals surface area (Å²) in [6.45, 7) is 0. The SMILES string of the molecule is NC(=O)c1nccnc1N.Nc1ncccn1. The first-order valence-electron chi connectivity index (χ1n) is 4.50. The molecular weight excluding hydrogens is 222 g/mol. The quantitative estimate of drug-likeness (QED) is 0.585. The Morgan fingerprint density at radius 2 is 1.53 bits per heavy atom. The van der Waals surface area contributed by atoms with Crippen LogP contribution in [0.5, 0.6) is 0 Å². The number of nitrogens with zero attached hydrogens (tertiary/aromatic N) is 4. The van der Waals surface area contributed by atoms with Crippen molar-refractivity contribution in [1.29, 1.82) is 0 Å². The van der Waals surface area contributed by atoms with Gasteiger partial charge in [0.15, 0.2) is 11.5 Å². The summed E-state index contributed by atoms with van der Waals surface area (Å²) in [5, 5.41) is 0. The zero-order valence-electron chi connectivity index (χ0n) is 8.82. The Balaban J connectivity index is 0.000000181. The molecule has 0 bridgehead atoms. The topological polar surface area (TPSA) is 147 Å². The van der Waals surface area contributed by atoms with E-state index in [9.17, 15) is 4.79 Å². The molecule has 6 N–H and O–H groups in total. The fourth-order valence-electron chi connectivity index (χ4n) is 0.849. The van der Waals surface area contributed by atoms with Gasteiger partial charge in [0.05, 0.1) is 0 Å². The van der Waals surface area contributed by atoms with Gasteiger partial charge in [0.2, 0.25) is 5.95 Å². The number of nitrogen functional groups attached to an aromatic ring is 2. The molecule has 88 valence electrons. The summed E-state index contributed by atoms with van der Waals surface area (Å²) in [6.07, 6.45) is 5.95. The molecule has 2 aromatic rings. The van der Waals surface area contributed by atoms with Gasteiger partial charge in [-0.1, -0.05) is 0 Å². The number of rotatable bonds is 1. The van der Waals surface area contributed by atoms with E-state index in [2.05, 4.69) is 19.9 Å². The van der Waals surface area contributed by atoms with E-state index in [1.54, 1.807) is 18.5 Å². The molecule has 17 heavy (non-hydrogen) atoms. The van der Waals surface area contributed by atoms with Crippen LogP contribution in [-0.2, 0) is 0 Å². The third-order valence-electron chi connectivity index (χ3n) is 1.55. The molecule has 0 radical (unpaired) electrons. The highest BCUT2D eigenvalue weighted by Crippen LogP contribution is 1.99. The number of primary amides is 1. The van der Waals surface area contributed by atoms with Gasteiger partial charge in [0.25, 0.3) is 5.91 Å². The maximum atomic E-state index is 10.5. The first kappa shape index (κ1) is 12.3. The van der Waals surface area contributed by atoms with E-state index in [1.165, 1.54) is 12.4 Å². The van der Waals surface area contributed by atoms with Crippen molar-refractivity contribution in [3.8, 4) is 0 Å². The summed E-state index contributed by atoms with van der Waals surface area (Å²) in [7, 11) is 0. The van der Waals surface area contributed by atoms with Crippen LogP contribution in [0.3, 0.4) is 0 Å². The fraction of sp³-hybridized carbons (Fsp3) is 0. The highest BCUT2D eigenvalue weighted by atomic mass is 16.1. The summed E-state index contributed by atoms with van der Waals surface area (Å²) >= 11 is 0. The lowest BCUT2D eigenvalue weighted by Crippen LogP contribution is -2.16. The van der Waals surface area contributed by atoms with Gasteiger partial charge in [-0.3, -0.25) is 4.79 Å². The molecule has 0 saturated heterocycles. The van der Waals surface area contributed by atoms with E-state index in [-0.39, 0.29) is 11.5 Å². The summed E-state index contributed by atoms with van der Waals surface area (Å²) in [5.41, 5.74) is 15.3. The van der Waals surface area contributed by atoms with E-state index < -0.39 is 5.91 Å². The van der Waals surface area contributed by atoms with Gasteiger partial charge in [-0.05, 0) is 6.07 Å². The number of carbonyl (C=O) groups is 1. The van der Waals surface area contributed by atoms with Crippen molar-refractivity contribution in [2.45, 2.75) is 0 Å². The summed E-state index contributed by atoms with van der Waals surface area (Å²) in [4.78, 5) is 25.0. The van der Waals surface area contributed by atoms with Crippen LogP contribution in [0.25, 0.3) is 0 Å². The van der Waals surface area contributed by atoms with Crippen molar-refractivity contribution in [1.82, 2.24) is 19.9 Å². The van der Waals surface area contributed by atoms with E-state index in [1.807, 2.05) is 0 Å². The molecular formula is C9H11N7O. The first-order chi connectivity index (χ1) is 8.11. The Labute approximate surface area is 96.9 Å². The van der Waals surface area contributed by atoms with Gasteiger partial charge >= 0.3 is 0 Å². The van der Waals surface area contributed by atoms with Crippen molar-refractivity contribution < 1.29 is 4.79 Å². The molecule has 1 amide bonds. The lowest BCUT2D eigenvalue weighted by molar-refractivity contribution is 0.0996. The molecule has 0 spiro atoms. The minimum Gasteiger partial charge on any atom is -0.382 e.